The minimum Gasteiger partial charge on any atom is -0.497 e. The molecule has 2 fully saturated rings. The third kappa shape index (κ3) is 6.21. The Morgan fingerprint density at radius 2 is 2.24 bits per heavy atom. The van der Waals surface area contributed by atoms with E-state index in [0.29, 0.717) is 27.5 Å². The van der Waals surface area contributed by atoms with Crippen LogP contribution < -0.4 is 20.3 Å². The second kappa shape index (κ2) is 10.9. The number of carbonyl (C=O) groups is 3. The topological polar surface area (TPSA) is 123 Å². The van der Waals surface area contributed by atoms with Crippen LogP contribution in [0.4, 0.5) is 10.8 Å². The maximum absolute atomic E-state index is 12.7. The van der Waals surface area contributed by atoms with Gasteiger partial charge in [-0.25, -0.2) is 0 Å². The van der Waals surface area contributed by atoms with Gasteiger partial charge in [-0.1, -0.05) is 29.2 Å². The smallest absolute Gasteiger partial charge is 0.231 e. The summed E-state index contributed by atoms with van der Waals surface area (Å²) in [6.07, 6.45) is 2.22. The summed E-state index contributed by atoms with van der Waals surface area (Å²) in [5.74, 6) is -0.137. The molecule has 2 N–H and O–H groups in total. The summed E-state index contributed by atoms with van der Waals surface area (Å²) < 4.78 is 11.3. The highest BCUT2D eigenvalue weighted by Gasteiger charge is 2.35. The lowest BCUT2D eigenvalue weighted by molar-refractivity contribution is -0.122. The highest BCUT2D eigenvalue weighted by molar-refractivity contribution is 8.01. The number of nitrogens with one attached hydrogen (secondary N) is 2. The number of thioether (sulfide) groups is 1. The maximum atomic E-state index is 12.7. The lowest BCUT2D eigenvalue weighted by atomic mass is 10.1. The first-order valence-corrected chi connectivity index (χ1v) is 12.4. The molecule has 0 bridgehead atoms. The lowest BCUT2D eigenvalue weighted by Crippen LogP contribution is -2.32. The Hall–Kier alpha value is -2.70. The Labute approximate surface area is 199 Å². The first-order chi connectivity index (χ1) is 16.0. The predicted octanol–water partition coefficient (Wildman–Crippen LogP) is 1.93. The van der Waals surface area contributed by atoms with Crippen molar-refractivity contribution < 1.29 is 23.9 Å². The fourth-order valence-corrected chi connectivity index (χ4v) is 5.23. The number of benzene rings is 1. The molecule has 0 radical (unpaired) electrons. The molecule has 4 rings (SSSR count). The molecule has 2 aromatic rings. The van der Waals surface area contributed by atoms with Crippen molar-refractivity contribution in [3.05, 3.63) is 24.3 Å². The number of hydrogen-bond donors (Lipinski definition) is 2. The summed E-state index contributed by atoms with van der Waals surface area (Å²) in [6, 6.07) is 7.18. The van der Waals surface area contributed by atoms with E-state index in [2.05, 4.69) is 20.8 Å². The maximum Gasteiger partial charge on any atom is 0.231 e. The van der Waals surface area contributed by atoms with Crippen molar-refractivity contribution >= 4 is 51.6 Å². The van der Waals surface area contributed by atoms with E-state index < -0.39 is 5.92 Å². The molecular formula is C21H25N5O5S2. The van der Waals surface area contributed by atoms with E-state index in [1.165, 1.54) is 23.1 Å². The fraction of sp³-hybridized carbons (Fsp3) is 0.476. The third-order valence-electron chi connectivity index (χ3n) is 5.38. The molecule has 1 aromatic heterocycles. The van der Waals surface area contributed by atoms with Crippen LogP contribution in [0.5, 0.6) is 5.75 Å². The Kier molecular flexibility index (Phi) is 7.78. The quantitative estimate of drug-likeness (QED) is 0.403. The average molecular weight is 492 g/mol. The normalized spacial score (nSPS) is 20.2. The van der Waals surface area contributed by atoms with Gasteiger partial charge in [-0.3, -0.25) is 14.4 Å². The predicted molar refractivity (Wildman–Crippen MR) is 125 cm³/mol. The minimum atomic E-state index is -0.493. The van der Waals surface area contributed by atoms with Crippen LogP contribution in [-0.4, -0.2) is 66.6 Å². The zero-order valence-electron chi connectivity index (χ0n) is 18.1. The summed E-state index contributed by atoms with van der Waals surface area (Å²) in [5.41, 5.74) is 0.696. The Balaban J connectivity index is 1.24. The number of amides is 3. The first-order valence-electron chi connectivity index (χ1n) is 10.6. The molecule has 3 amide bonds. The number of nitrogens with zero attached hydrogens (tertiary/aromatic N) is 3. The van der Waals surface area contributed by atoms with E-state index in [1.54, 1.807) is 30.2 Å². The zero-order valence-corrected chi connectivity index (χ0v) is 19.7. The van der Waals surface area contributed by atoms with Crippen LogP contribution in [0.15, 0.2) is 28.6 Å². The van der Waals surface area contributed by atoms with Crippen LogP contribution in [0.2, 0.25) is 0 Å². The van der Waals surface area contributed by atoms with E-state index in [4.69, 9.17) is 9.47 Å². The van der Waals surface area contributed by atoms with Crippen molar-refractivity contribution in [2.24, 2.45) is 5.92 Å². The Bertz CT molecular complexity index is 1010. The van der Waals surface area contributed by atoms with Crippen LogP contribution >= 0.6 is 23.1 Å². The van der Waals surface area contributed by atoms with Crippen molar-refractivity contribution in [3.8, 4) is 5.75 Å². The van der Waals surface area contributed by atoms with Gasteiger partial charge in [0.15, 0.2) is 4.34 Å². The third-order valence-corrected chi connectivity index (χ3v) is 7.35. The molecule has 2 aliphatic heterocycles. The average Bonchev–Trinajstić information content (AvgIpc) is 3.58. The van der Waals surface area contributed by atoms with Gasteiger partial charge >= 0.3 is 0 Å². The van der Waals surface area contributed by atoms with Gasteiger partial charge in [0.05, 0.1) is 24.9 Å². The molecule has 12 heteroatoms. The first kappa shape index (κ1) is 23.5. The van der Waals surface area contributed by atoms with Gasteiger partial charge in [-0.05, 0) is 25.0 Å². The monoisotopic (exact) mass is 491 g/mol. The van der Waals surface area contributed by atoms with Crippen LogP contribution in [0, 0.1) is 5.92 Å². The molecule has 0 spiro atoms. The molecule has 0 aliphatic carbocycles. The Morgan fingerprint density at radius 3 is 3.03 bits per heavy atom. The number of methoxy groups -OCH3 is 1. The summed E-state index contributed by atoms with van der Waals surface area (Å²) in [4.78, 5) is 38.7. The van der Waals surface area contributed by atoms with E-state index in [9.17, 15) is 14.4 Å². The minimum absolute atomic E-state index is 0.0987. The summed E-state index contributed by atoms with van der Waals surface area (Å²) >= 11 is 2.46. The highest BCUT2D eigenvalue weighted by atomic mass is 32.2. The fourth-order valence-electron chi connectivity index (χ4n) is 3.65. The molecule has 10 nitrogen and oxygen atoms in total. The van der Waals surface area contributed by atoms with E-state index in [0.717, 1.165) is 19.4 Å². The van der Waals surface area contributed by atoms with E-state index in [1.807, 2.05) is 6.07 Å². The molecule has 0 saturated carbocycles. The van der Waals surface area contributed by atoms with Gasteiger partial charge in [-0.2, -0.15) is 0 Å². The van der Waals surface area contributed by atoms with Crippen LogP contribution in [0.25, 0.3) is 0 Å². The van der Waals surface area contributed by atoms with E-state index >= 15 is 0 Å². The van der Waals surface area contributed by atoms with Crippen LogP contribution in [0.1, 0.15) is 19.3 Å². The van der Waals surface area contributed by atoms with Gasteiger partial charge in [-0.15, -0.1) is 10.2 Å². The van der Waals surface area contributed by atoms with Gasteiger partial charge in [0, 0.05) is 37.9 Å². The molecule has 176 valence electrons. The van der Waals surface area contributed by atoms with E-state index in [-0.39, 0.29) is 42.5 Å². The number of aromatic nitrogens is 2. The molecule has 3 heterocycles. The van der Waals surface area contributed by atoms with Gasteiger partial charge < -0.3 is 25.0 Å². The summed E-state index contributed by atoms with van der Waals surface area (Å²) in [5, 5.41) is 13.9. The molecule has 0 unspecified atom stereocenters. The molecule has 33 heavy (non-hydrogen) atoms. The number of anilines is 2. The van der Waals surface area contributed by atoms with Gasteiger partial charge in [0.25, 0.3) is 0 Å². The van der Waals surface area contributed by atoms with Crippen molar-refractivity contribution in [2.45, 2.75) is 29.7 Å². The van der Waals surface area contributed by atoms with Crippen LogP contribution in [-0.2, 0) is 19.1 Å². The lowest BCUT2D eigenvalue weighted by Gasteiger charge is -2.17. The van der Waals surface area contributed by atoms with Crippen LogP contribution in [0.3, 0.4) is 0 Å². The SMILES string of the molecule is COc1cccc(N2C[C@H](C(=O)Nc3nnc(SCC(=O)NC[C@H]4CCCO4)s3)CC2=O)c1. The van der Waals surface area contributed by atoms with Gasteiger partial charge in [0.1, 0.15) is 5.75 Å². The number of rotatable bonds is 9. The largest absolute Gasteiger partial charge is 0.497 e. The number of ether oxygens (including phenoxy) is 2. The van der Waals surface area contributed by atoms with Crippen molar-refractivity contribution in [3.63, 3.8) is 0 Å². The number of carbonyl (C=O) groups excluding carboxylic acids is 3. The van der Waals surface area contributed by atoms with Crippen molar-refractivity contribution in [2.75, 3.05) is 42.8 Å². The second-order valence-corrected chi connectivity index (χ2v) is 9.90. The number of hydrogen-bond acceptors (Lipinski definition) is 9. The van der Waals surface area contributed by atoms with Gasteiger partial charge in [0.2, 0.25) is 22.9 Å². The highest BCUT2D eigenvalue weighted by Crippen LogP contribution is 2.30. The molecular weight excluding hydrogens is 466 g/mol. The summed E-state index contributed by atoms with van der Waals surface area (Å²) in [7, 11) is 1.56. The van der Waals surface area contributed by atoms with Crippen molar-refractivity contribution in [1.29, 1.82) is 0 Å². The second-order valence-electron chi connectivity index (χ2n) is 7.70. The molecule has 1 aromatic carbocycles. The zero-order chi connectivity index (χ0) is 23.2. The molecule has 2 aliphatic rings. The standard InChI is InChI=1S/C21H25N5O5S2/c1-30-15-5-2-4-14(9-15)26-11-13(8-18(26)28)19(29)23-20-24-25-21(33-20)32-12-17(27)22-10-16-6-3-7-31-16/h2,4-5,9,13,16H,3,6-8,10-12H2,1H3,(H,22,27)(H,23,24,29)/t13-,16-/m1/s1. The molecule has 2 atom stereocenters. The van der Waals surface area contributed by atoms with Crippen molar-refractivity contribution in [1.82, 2.24) is 15.5 Å². The summed E-state index contributed by atoms with van der Waals surface area (Å²) in [6.45, 7) is 1.55. The Morgan fingerprint density at radius 1 is 1.36 bits per heavy atom. The molecule has 2 saturated heterocycles.